The minimum atomic E-state index is -1.05. The van der Waals surface area contributed by atoms with Crippen LogP contribution in [0.15, 0.2) is 10.6 Å². The first-order valence-electron chi connectivity index (χ1n) is 6.09. The van der Waals surface area contributed by atoms with Gasteiger partial charge in [-0.2, -0.15) is 0 Å². The molecule has 0 spiro atoms. The number of aliphatic carboxylic acids is 1. The molecule has 19 heavy (non-hydrogen) atoms. The highest BCUT2D eigenvalue weighted by Crippen LogP contribution is 2.50. The van der Waals surface area contributed by atoms with Crippen molar-refractivity contribution in [2.75, 3.05) is 10.2 Å². The van der Waals surface area contributed by atoms with Crippen LogP contribution in [0.3, 0.4) is 0 Å². The van der Waals surface area contributed by atoms with E-state index in [2.05, 4.69) is 22.6 Å². The summed E-state index contributed by atoms with van der Waals surface area (Å²) >= 11 is 3.75. The molecule has 0 aromatic carbocycles. The number of β-lactam (4-membered cyclic amide) rings is 1. The van der Waals surface area contributed by atoms with Crippen LogP contribution in [0.4, 0.5) is 0 Å². The molecule has 2 rings (SSSR count). The Morgan fingerprint density at radius 3 is 2.68 bits per heavy atom. The van der Waals surface area contributed by atoms with Crippen LogP contribution >= 0.6 is 34.4 Å². The summed E-state index contributed by atoms with van der Waals surface area (Å²) in [4.78, 5) is 25.6. The molecule has 2 aliphatic rings. The smallest absolute Gasteiger partial charge is 0.353 e. The molecular weight excluding hydrogens is 381 g/mol. The first kappa shape index (κ1) is 15.1. The Hall–Kier alpha value is -0.280. The largest absolute Gasteiger partial charge is 0.477 e. The van der Waals surface area contributed by atoms with Gasteiger partial charge in [0.1, 0.15) is 5.70 Å². The monoisotopic (exact) mass is 397 g/mol. The fraction of sp³-hybridized carbons (Fsp3) is 0.667. The van der Waals surface area contributed by atoms with Gasteiger partial charge in [0.15, 0.2) is 0 Å². The van der Waals surface area contributed by atoms with E-state index in [1.165, 1.54) is 16.7 Å². The van der Waals surface area contributed by atoms with Gasteiger partial charge in [-0.05, 0) is 6.92 Å². The van der Waals surface area contributed by atoms with Gasteiger partial charge in [-0.25, -0.2) is 4.79 Å². The molecule has 106 valence electrons. The maximum absolute atomic E-state index is 12.0. The minimum Gasteiger partial charge on any atom is -0.477 e. The molecule has 4 atom stereocenters. The molecule has 1 saturated heterocycles. The SMILES string of the molecule is CC(O)C1C(=O)N2C(C(=O)O)=C(SCCI)C(C)C12. The van der Waals surface area contributed by atoms with Crippen molar-refractivity contribution in [3.63, 3.8) is 0 Å². The molecule has 0 aliphatic carbocycles. The molecule has 0 bridgehead atoms. The van der Waals surface area contributed by atoms with Gasteiger partial charge in [0, 0.05) is 21.0 Å². The number of carboxylic acid groups (broad SMARTS) is 1. The number of halogens is 1. The summed E-state index contributed by atoms with van der Waals surface area (Å²) in [6, 6.07) is -0.199. The number of hydrogen-bond acceptors (Lipinski definition) is 4. The molecule has 2 N–H and O–H groups in total. The van der Waals surface area contributed by atoms with Crippen LogP contribution in [0.1, 0.15) is 13.8 Å². The van der Waals surface area contributed by atoms with Crippen LogP contribution < -0.4 is 0 Å². The predicted octanol–water partition coefficient (Wildman–Crippen LogP) is 1.31. The average Bonchev–Trinajstić information content (AvgIpc) is 2.56. The van der Waals surface area contributed by atoms with Gasteiger partial charge >= 0.3 is 5.97 Å². The van der Waals surface area contributed by atoms with E-state index < -0.39 is 18.0 Å². The van der Waals surface area contributed by atoms with Crippen molar-refractivity contribution in [3.8, 4) is 0 Å². The minimum absolute atomic E-state index is 0.0173. The maximum Gasteiger partial charge on any atom is 0.353 e. The fourth-order valence-corrected chi connectivity index (χ4v) is 4.55. The highest BCUT2D eigenvalue weighted by atomic mass is 127. The number of nitrogens with zero attached hydrogens (tertiary/aromatic N) is 1. The number of aliphatic hydroxyl groups is 1. The number of aliphatic hydroxyl groups excluding tert-OH is 1. The third-order valence-electron chi connectivity index (χ3n) is 3.65. The predicted molar refractivity (Wildman–Crippen MR) is 81.0 cm³/mol. The van der Waals surface area contributed by atoms with Gasteiger partial charge < -0.3 is 15.1 Å². The number of thioether (sulfide) groups is 1. The zero-order valence-corrected chi connectivity index (χ0v) is 13.6. The van der Waals surface area contributed by atoms with Crippen molar-refractivity contribution in [3.05, 3.63) is 10.6 Å². The molecule has 0 aromatic rings. The first-order valence-corrected chi connectivity index (χ1v) is 8.60. The van der Waals surface area contributed by atoms with Gasteiger partial charge in [0.2, 0.25) is 5.91 Å². The molecule has 0 saturated carbocycles. The average molecular weight is 397 g/mol. The molecule has 0 aromatic heterocycles. The van der Waals surface area contributed by atoms with E-state index >= 15 is 0 Å². The van der Waals surface area contributed by atoms with Crippen molar-refractivity contribution in [1.82, 2.24) is 4.90 Å². The van der Waals surface area contributed by atoms with E-state index in [4.69, 9.17) is 0 Å². The topological polar surface area (TPSA) is 77.8 Å². The number of amides is 1. The number of carboxylic acids is 1. The summed E-state index contributed by atoms with van der Waals surface area (Å²) < 4.78 is 0.921. The van der Waals surface area contributed by atoms with E-state index in [1.54, 1.807) is 6.92 Å². The van der Waals surface area contributed by atoms with Crippen molar-refractivity contribution in [2.45, 2.75) is 26.0 Å². The first-order chi connectivity index (χ1) is 8.91. The van der Waals surface area contributed by atoms with Crippen molar-refractivity contribution in [1.29, 1.82) is 0 Å². The lowest BCUT2D eigenvalue weighted by Crippen LogP contribution is -2.63. The molecule has 2 aliphatic heterocycles. The Kier molecular flexibility index (Phi) is 4.46. The fourth-order valence-electron chi connectivity index (χ4n) is 2.86. The van der Waals surface area contributed by atoms with Crippen LogP contribution in [-0.4, -0.2) is 49.3 Å². The summed E-state index contributed by atoms with van der Waals surface area (Å²) in [6.07, 6.45) is -0.736. The summed E-state index contributed by atoms with van der Waals surface area (Å²) in [5, 5.41) is 19.0. The Labute approximate surface area is 129 Å². The van der Waals surface area contributed by atoms with Crippen LogP contribution in [-0.2, 0) is 9.59 Å². The molecule has 5 nitrogen and oxygen atoms in total. The van der Waals surface area contributed by atoms with Crippen LogP contribution in [0.2, 0.25) is 0 Å². The molecule has 4 unspecified atom stereocenters. The summed E-state index contributed by atoms with van der Waals surface area (Å²) in [5.41, 5.74) is 0.120. The van der Waals surface area contributed by atoms with Gasteiger partial charge in [0.05, 0.1) is 18.1 Å². The number of carbonyl (C=O) groups excluding carboxylic acids is 1. The maximum atomic E-state index is 12.0. The number of rotatable bonds is 5. The number of fused-ring (bicyclic) bond motifs is 1. The highest BCUT2D eigenvalue weighted by Gasteiger charge is 2.59. The molecule has 1 amide bonds. The van der Waals surface area contributed by atoms with Crippen molar-refractivity contribution >= 4 is 46.2 Å². The lowest BCUT2D eigenvalue weighted by atomic mass is 9.79. The zero-order valence-electron chi connectivity index (χ0n) is 10.7. The van der Waals surface area contributed by atoms with Gasteiger partial charge in [0.25, 0.3) is 0 Å². The van der Waals surface area contributed by atoms with E-state index in [9.17, 15) is 19.8 Å². The normalized spacial score (nSPS) is 31.3. The van der Waals surface area contributed by atoms with Crippen molar-refractivity contribution in [2.24, 2.45) is 11.8 Å². The summed E-state index contributed by atoms with van der Waals surface area (Å²) in [6.45, 7) is 3.52. The molecular formula is C12H16INO4S. The summed E-state index contributed by atoms with van der Waals surface area (Å²) in [5.74, 6) is -0.985. The highest BCUT2D eigenvalue weighted by molar-refractivity contribution is 14.1. The lowest BCUT2D eigenvalue weighted by molar-refractivity contribution is -0.163. The molecule has 0 radical (unpaired) electrons. The van der Waals surface area contributed by atoms with Crippen LogP contribution in [0, 0.1) is 11.8 Å². The quantitative estimate of drug-likeness (QED) is 0.416. The standard InChI is InChI=1S/C12H16INO4S/c1-5-8-7(6(2)15)11(16)14(8)9(12(17)18)10(5)19-4-3-13/h5-8,15H,3-4H2,1-2H3,(H,17,18). The number of carbonyl (C=O) groups is 2. The molecule has 2 heterocycles. The summed E-state index contributed by atoms with van der Waals surface area (Å²) in [7, 11) is 0. The second-order valence-electron chi connectivity index (χ2n) is 4.81. The molecule has 1 fully saturated rings. The van der Waals surface area contributed by atoms with Crippen LogP contribution in [0.5, 0.6) is 0 Å². The van der Waals surface area contributed by atoms with Gasteiger partial charge in [-0.3, -0.25) is 4.79 Å². The Morgan fingerprint density at radius 2 is 2.21 bits per heavy atom. The lowest BCUT2D eigenvalue weighted by Gasteiger charge is -2.46. The van der Waals surface area contributed by atoms with E-state index in [0.717, 1.165) is 15.1 Å². The van der Waals surface area contributed by atoms with E-state index in [0.29, 0.717) is 0 Å². The third-order valence-corrected chi connectivity index (χ3v) is 6.20. The zero-order chi connectivity index (χ0) is 14.3. The van der Waals surface area contributed by atoms with Crippen LogP contribution in [0.25, 0.3) is 0 Å². The van der Waals surface area contributed by atoms with Crippen molar-refractivity contribution < 1.29 is 19.8 Å². The Morgan fingerprint density at radius 1 is 1.58 bits per heavy atom. The van der Waals surface area contributed by atoms with Gasteiger partial charge in [-0.1, -0.05) is 29.5 Å². The molecule has 7 heteroatoms. The number of alkyl halides is 1. The Balaban J connectivity index is 2.32. The second kappa shape index (κ2) is 5.61. The van der Waals surface area contributed by atoms with E-state index in [1.807, 2.05) is 6.92 Å². The van der Waals surface area contributed by atoms with Gasteiger partial charge in [-0.15, -0.1) is 11.8 Å². The van der Waals surface area contributed by atoms with E-state index in [-0.39, 0.29) is 23.6 Å². The Bertz CT molecular complexity index is 451. The second-order valence-corrected chi connectivity index (χ2v) is 7.02. The number of hydrogen-bond donors (Lipinski definition) is 2. The third kappa shape index (κ3) is 2.29.